The first-order valence-corrected chi connectivity index (χ1v) is 8.58. The molecule has 1 amide bonds. The molecule has 0 saturated carbocycles. The van der Waals surface area contributed by atoms with Crippen LogP contribution in [0.2, 0.25) is 0 Å². The van der Waals surface area contributed by atoms with Crippen molar-refractivity contribution in [2.24, 2.45) is 0 Å². The summed E-state index contributed by atoms with van der Waals surface area (Å²) in [5.74, 6) is 2.16. The molecule has 1 heterocycles. The van der Waals surface area contributed by atoms with Crippen LogP contribution in [-0.4, -0.2) is 56.9 Å². The van der Waals surface area contributed by atoms with Crippen molar-refractivity contribution in [3.8, 4) is 17.2 Å². The van der Waals surface area contributed by atoms with Gasteiger partial charge >= 0.3 is 0 Å². The Morgan fingerprint density at radius 3 is 2.46 bits per heavy atom. The quantitative estimate of drug-likeness (QED) is 0.762. The number of carbonyl (C=O) groups excluding carboxylic acids is 1. The third kappa shape index (κ3) is 5.13. The molecule has 138 valence electrons. The molecule has 1 saturated heterocycles. The van der Waals surface area contributed by atoms with Gasteiger partial charge in [0.1, 0.15) is 30.0 Å². The van der Waals surface area contributed by atoms with E-state index in [4.69, 9.17) is 18.9 Å². The second-order valence-corrected chi connectivity index (χ2v) is 5.92. The van der Waals surface area contributed by atoms with E-state index in [0.29, 0.717) is 32.1 Å². The van der Waals surface area contributed by atoms with Crippen molar-refractivity contribution >= 4 is 5.91 Å². The number of hydrogen-bond acceptors (Lipinski definition) is 5. The zero-order valence-corrected chi connectivity index (χ0v) is 14.8. The molecule has 0 radical (unpaired) electrons. The van der Waals surface area contributed by atoms with Crippen molar-refractivity contribution in [3.05, 3.63) is 54.6 Å². The van der Waals surface area contributed by atoms with Crippen molar-refractivity contribution in [1.29, 1.82) is 0 Å². The van der Waals surface area contributed by atoms with Crippen LogP contribution >= 0.6 is 0 Å². The Balaban J connectivity index is 1.44. The van der Waals surface area contributed by atoms with E-state index < -0.39 is 0 Å². The van der Waals surface area contributed by atoms with Crippen LogP contribution in [0.5, 0.6) is 17.2 Å². The van der Waals surface area contributed by atoms with Crippen LogP contribution < -0.4 is 14.2 Å². The second-order valence-electron chi connectivity index (χ2n) is 5.92. The SMILES string of the molecule is COc1ccc(OC[C@H]2CN(C(=O)COc3ccccc3)CCO2)cc1. The monoisotopic (exact) mass is 357 g/mol. The van der Waals surface area contributed by atoms with Gasteiger partial charge in [-0.15, -0.1) is 0 Å². The van der Waals surface area contributed by atoms with Gasteiger partial charge in [-0.2, -0.15) is 0 Å². The molecule has 0 spiro atoms. The molecule has 6 nitrogen and oxygen atoms in total. The number of ether oxygens (including phenoxy) is 4. The topological polar surface area (TPSA) is 57.2 Å². The van der Waals surface area contributed by atoms with Crippen molar-refractivity contribution in [2.45, 2.75) is 6.10 Å². The van der Waals surface area contributed by atoms with Gasteiger partial charge in [-0.05, 0) is 36.4 Å². The molecule has 0 unspecified atom stereocenters. The lowest BCUT2D eigenvalue weighted by molar-refractivity contribution is -0.142. The average molecular weight is 357 g/mol. The molecule has 1 aliphatic rings. The highest BCUT2D eigenvalue weighted by atomic mass is 16.5. The Hall–Kier alpha value is -2.73. The van der Waals surface area contributed by atoms with E-state index in [1.54, 1.807) is 12.0 Å². The van der Waals surface area contributed by atoms with E-state index in [1.807, 2.05) is 54.6 Å². The van der Waals surface area contributed by atoms with Crippen molar-refractivity contribution in [2.75, 3.05) is 40.0 Å². The molecular weight excluding hydrogens is 334 g/mol. The lowest BCUT2D eigenvalue weighted by Crippen LogP contribution is -2.49. The molecule has 2 aromatic rings. The van der Waals surface area contributed by atoms with Crippen molar-refractivity contribution in [1.82, 2.24) is 4.90 Å². The highest BCUT2D eigenvalue weighted by molar-refractivity contribution is 5.77. The Bertz CT molecular complexity index is 689. The molecule has 1 fully saturated rings. The van der Waals surface area contributed by atoms with Crippen LogP contribution in [0.3, 0.4) is 0 Å². The number of amides is 1. The lowest BCUT2D eigenvalue weighted by atomic mass is 10.2. The third-order valence-electron chi connectivity index (χ3n) is 4.09. The smallest absolute Gasteiger partial charge is 0.260 e. The Morgan fingerprint density at radius 1 is 1.04 bits per heavy atom. The van der Waals surface area contributed by atoms with E-state index in [0.717, 1.165) is 11.5 Å². The van der Waals surface area contributed by atoms with E-state index in [2.05, 4.69) is 0 Å². The molecular formula is C20H23NO5. The molecule has 1 atom stereocenters. The first-order chi connectivity index (χ1) is 12.7. The predicted octanol–water partition coefficient (Wildman–Crippen LogP) is 2.38. The summed E-state index contributed by atoms with van der Waals surface area (Å²) < 4.78 is 22.1. The lowest BCUT2D eigenvalue weighted by Gasteiger charge is -2.32. The Labute approximate surface area is 153 Å². The summed E-state index contributed by atoms with van der Waals surface area (Å²) in [5, 5.41) is 0. The van der Waals surface area contributed by atoms with Crippen LogP contribution in [-0.2, 0) is 9.53 Å². The van der Waals surface area contributed by atoms with E-state index in [1.165, 1.54) is 0 Å². The third-order valence-corrected chi connectivity index (χ3v) is 4.09. The van der Waals surface area contributed by atoms with Gasteiger partial charge in [0, 0.05) is 6.54 Å². The first kappa shape index (κ1) is 18.1. The number of rotatable bonds is 7. The minimum atomic E-state index is -0.161. The fraction of sp³-hybridized carbons (Fsp3) is 0.350. The average Bonchev–Trinajstić information content (AvgIpc) is 2.72. The Morgan fingerprint density at radius 2 is 1.73 bits per heavy atom. The molecule has 1 aliphatic heterocycles. The van der Waals surface area contributed by atoms with E-state index in [9.17, 15) is 4.79 Å². The van der Waals surface area contributed by atoms with Gasteiger partial charge < -0.3 is 23.8 Å². The van der Waals surface area contributed by atoms with E-state index >= 15 is 0 Å². The van der Waals surface area contributed by atoms with Crippen molar-refractivity contribution < 1.29 is 23.7 Å². The van der Waals surface area contributed by atoms with Gasteiger partial charge in [-0.3, -0.25) is 4.79 Å². The molecule has 26 heavy (non-hydrogen) atoms. The summed E-state index contributed by atoms with van der Waals surface area (Å²) in [6, 6.07) is 16.7. The summed E-state index contributed by atoms with van der Waals surface area (Å²) in [6.07, 6.45) is -0.161. The van der Waals surface area contributed by atoms with Crippen LogP contribution in [0.25, 0.3) is 0 Å². The van der Waals surface area contributed by atoms with Crippen molar-refractivity contribution in [3.63, 3.8) is 0 Å². The standard InChI is InChI=1S/C20H23NO5/c1-23-16-7-9-18(10-8-16)25-14-19-13-21(11-12-24-19)20(22)15-26-17-5-3-2-4-6-17/h2-10,19H,11-15H2,1H3/t19-/m1/s1. The summed E-state index contributed by atoms with van der Waals surface area (Å²) in [4.78, 5) is 14.1. The molecule has 6 heteroatoms. The second kappa shape index (κ2) is 9.10. The summed E-state index contributed by atoms with van der Waals surface area (Å²) in [5.41, 5.74) is 0. The van der Waals surface area contributed by atoms with Crippen LogP contribution in [0.4, 0.5) is 0 Å². The van der Waals surface area contributed by atoms with Gasteiger partial charge in [0.25, 0.3) is 5.91 Å². The maximum Gasteiger partial charge on any atom is 0.260 e. The number of benzene rings is 2. The highest BCUT2D eigenvalue weighted by Gasteiger charge is 2.25. The zero-order chi connectivity index (χ0) is 18.2. The Kier molecular flexibility index (Phi) is 6.33. The number of morpholine rings is 1. The molecule has 0 aromatic heterocycles. The summed E-state index contributed by atoms with van der Waals surface area (Å²) in [6.45, 7) is 1.96. The largest absolute Gasteiger partial charge is 0.497 e. The minimum Gasteiger partial charge on any atom is -0.497 e. The van der Waals surface area contributed by atoms with Gasteiger partial charge in [0.05, 0.1) is 20.3 Å². The van der Waals surface area contributed by atoms with Crippen LogP contribution in [0.15, 0.2) is 54.6 Å². The minimum absolute atomic E-state index is 0.0239. The summed E-state index contributed by atoms with van der Waals surface area (Å²) >= 11 is 0. The van der Waals surface area contributed by atoms with Gasteiger partial charge in [-0.1, -0.05) is 18.2 Å². The number of hydrogen-bond donors (Lipinski definition) is 0. The fourth-order valence-electron chi connectivity index (χ4n) is 2.66. The predicted molar refractivity (Wildman–Crippen MR) is 96.7 cm³/mol. The highest BCUT2D eigenvalue weighted by Crippen LogP contribution is 2.18. The molecule has 0 bridgehead atoms. The van der Waals surface area contributed by atoms with Gasteiger partial charge in [-0.25, -0.2) is 0 Å². The van der Waals surface area contributed by atoms with E-state index in [-0.39, 0.29) is 18.6 Å². The zero-order valence-electron chi connectivity index (χ0n) is 14.8. The normalized spacial score (nSPS) is 16.8. The number of para-hydroxylation sites is 1. The molecule has 3 rings (SSSR count). The van der Waals surface area contributed by atoms with Crippen LogP contribution in [0.1, 0.15) is 0 Å². The first-order valence-electron chi connectivity index (χ1n) is 8.58. The maximum absolute atomic E-state index is 12.4. The maximum atomic E-state index is 12.4. The molecule has 2 aromatic carbocycles. The number of carbonyl (C=O) groups is 1. The van der Waals surface area contributed by atoms with Gasteiger partial charge in [0.2, 0.25) is 0 Å². The fourth-order valence-corrected chi connectivity index (χ4v) is 2.66. The molecule has 0 N–H and O–H groups in total. The molecule has 0 aliphatic carbocycles. The summed E-state index contributed by atoms with van der Waals surface area (Å²) in [7, 11) is 1.62. The number of methoxy groups -OCH3 is 1. The number of nitrogens with zero attached hydrogens (tertiary/aromatic N) is 1. The van der Waals surface area contributed by atoms with Crippen LogP contribution in [0, 0.1) is 0 Å². The van der Waals surface area contributed by atoms with Gasteiger partial charge in [0.15, 0.2) is 6.61 Å².